The van der Waals surface area contributed by atoms with Gasteiger partial charge < -0.3 is 30.3 Å². The fourth-order valence-corrected chi connectivity index (χ4v) is 2.87. The minimum Gasteiger partial charge on any atom is -0.497 e. The summed E-state index contributed by atoms with van der Waals surface area (Å²) < 4.78 is 10.1. The normalized spacial score (nSPS) is 19.9. The van der Waals surface area contributed by atoms with E-state index in [1.54, 1.807) is 12.1 Å². The summed E-state index contributed by atoms with van der Waals surface area (Å²) >= 11 is 0. The summed E-state index contributed by atoms with van der Waals surface area (Å²) in [6, 6.07) is 4.12. The third-order valence-corrected chi connectivity index (χ3v) is 4.69. The van der Waals surface area contributed by atoms with Crippen molar-refractivity contribution in [2.24, 2.45) is 5.92 Å². The van der Waals surface area contributed by atoms with E-state index in [1.165, 1.54) is 19.2 Å². The molecule has 4 N–H and O–H groups in total. The first-order valence-electron chi connectivity index (χ1n) is 9.41. The van der Waals surface area contributed by atoms with Crippen LogP contribution in [0.15, 0.2) is 24.3 Å². The highest BCUT2D eigenvalue weighted by atomic mass is 16.6. The largest absolute Gasteiger partial charge is 0.497 e. The predicted octanol–water partition coefficient (Wildman–Crippen LogP) is -0.353. The van der Waals surface area contributed by atoms with Crippen molar-refractivity contribution in [2.45, 2.75) is 38.0 Å². The Morgan fingerprint density at radius 3 is 2.21 bits per heavy atom. The lowest BCUT2D eigenvalue weighted by Crippen LogP contribution is -2.55. The lowest BCUT2D eigenvalue weighted by molar-refractivity contribution is -0.133. The van der Waals surface area contributed by atoms with Crippen LogP contribution >= 0.6 is 0 Å². The second-order valence-electron chi connectivity index (χ2n) is 7.43. The maximum Gasteiger partial charge on any atom is 0.252 e. The van der Waals surface area contributed by atoms with Crippen molar-refractivity contribution in [3.8, 4) is 5.75 Å². The number of epoxide rings is 1. The molecule has 0 spiro atoms. The van der Waals surface area contributed by atoms with Crippen molar-refractivity contribution in [3.05, 3.63) is 29.8 Å². The highest BCUT2D eigenvalue weighted by molar-refractivity contribution is 6.00. The predicted molar refractivity (Wildman–Crippen MR) is 103 cm³/mol. The van der Waals surface area contributed by atoms with Gasteiger partial charge in [0.25, 0.3) is 5.91 Å². The number of amides is 2. The highest BCUT2D eigenvalue weighted by Gasteiger charge is 2.54. The second kappa shape index (κ2) is 9.82. The van der Waals surface area contributed by atoms with Crippen molar-refractivity contribution >= 4 is 17.6 Å². The number of ether oxygens (including phenoxy) is 2. The number of hydrogen-bond donors (Lipinski definition) is 4. The molecule has 1 aliphatic heterocycles. The number of nitrogens with one attached hydrogen (secondary N) is 2. The number of methoxy groups -OCH3 is 1. The fraction of sp³-hybridized carbons (Fsp3) is 0.550. The average molecular weight is 408 g/mol. The average Bonchev–Trinajstić information content (AvgIpc) is 3.51. The van der Waals surface area contributed by atoms with Gasteiger partial charge in [-0.05, 0) is 36.6 Å². The number of carbonyl (C=O) groups is 3. The van der Waals surface area contributed by atoms with Gasteiger partial charge >= 0.3 is 0 Å². The molecule has 1 aromatic carbocycles. The van der Waals surface area contributed by atoms with E-state index in [-0.39, 0.29) is 18.1 Å². The summed E-state index contributed by atoms with van der Waals surface area (Å²) in [5, 5.41) is 24.0. The maximum absolute atomic E-state index is 12.7. The third kappa shape index (κ3) is 5.75. The van der Waals surface area contributed by atoms with E-state index in [9.17, 15) is 24.6 Å². The zero-order valence-electron chi connectivity index (χ0n) is 16.8. The first-order chi connectivity index (χ1) is 13.8. The molecule has 160 valence electrons. The van der Waals surface area contributed by atoms with E-state index < -0.39 is 48.5 Å². The van der Waals surface area contributed by atoms with Crippen LogP contribution in [0.3, 0.4) is 0 Å². The lowest BCUT2D eigenvalue weighted by atomic mass is 9.92. The maximum atomic E-state index is 12.7. The highest BCUT2D eigenvalue weighted by Crippen LogP contribution is 2.30. The topological polar surface area (TPSA) is 137 Å². The first-order valence-corrected chi connectivity index (χ1v) is 9.41. The molecule has 1 aromatic rings. The molecule has 3 unspecified atom stereocenters. The van der Waals surface area contributed by atoms with E-state index >= 15 is 0 Å². The Bertz CT molecular complexity index is 729. The molecule has 29 heavy (non-hydrogen) atoms. The molecule has 0 bridgehead atoms. The Kier molecular flexibility index (Phi) is 7.72. The smallest absolute Gasteiger partial charge is 0.252 e. The molecule has 2 amide bonds. The van der Waals surface area contributed by atoms with Gasteiger partial charge in [-0.1, -0.05) is 13.8 Å². The summed E-state index contributed by atoms with van der Waals surface area (Å²) in [5.41, 5.74) is -0.981. The van der Waals surface area contributed by atoms with Crippen LogP contribution in [0.2, 0.25) is 0 Å². The van der Waals surface area contributed by atoms with Crippen LogP contribution in [0.1, 0.15) is 30.6 Å². The number of rotatable bonds is 11. The third-order valence-electron chi connectivity index (χ3n) is 4.69. The van der Waals surface area contributed by atoms with Crippen LogP contribution in [0, 0.1) is 5.92 Å². The number of aliphatic hydroxyl groups is 2. The lowest BCUT2D eigenvalue weighted by Gasteiger charge is -2.24. The molecule has 0 aliphatic carbocycles. The van der Waals surface area contributed by atoms with Crippen LogP contribution in [0.4, 0.5) is 0 Å². The van der Waals surface area contributed by atoms with E-state index in [4.69, 9.17) is 9.47 Å². The molecule has 9 nitrogen and oxygen atoms in total. The second-order valence-corrected chi connectivity index (χ2v) is 7.43. The van der Waals surface area contributed by atoms with Crippen molar-refractivity contribution in [2.75, 3.05) is 26.9 Å². The Morgan fingerprint density at radius 2 is 1.76 bits per heavy atom. The zero-order valence-corrected chi connectivity index (χ0v) is 16.8. The van der Waals surface area contributed by atoms with Crippen LogP contribution < -0.4 is 15.4 Å². The first kappa shape index (κ1) is 22.8. The molecule has 1 fully saturated rings. The number of hydrogen-bond acceptors (Lipinski definition) is 7. The minimum atomic E-state index is -1.27. The summed E-state index contributed by atoms with van der Waals surface area (Å²) in [6.45, 7) is 2.78. The van der Waals surface area contributed by atoms with Crippen LogP contribution in [-0.2, 0) is 14.3 Å². The molecule has 0 aromatic heterocycles. The van der Waals surface area contributed by atoms with Crippen molar-refractivity contribution < 1.29 is 34.1 Å². The van der Waals surface area contributed by atoms with Gasteiger partial charge in [0.15, 0.2) is 11.4 Å². The molecule has 3 atom stereocenters. The molecule has 2 rings (SSSR count). The standard InChI is InChI=1S/C20H28N2O7/c1-12(2)8-15(17(25)20(10-24)11-29-20)21-19(27)16(9-23)22-18(26)13-4-6-14(28-3)7-5-13/h4-7,12,15-16,23-24H,8-11H2,1-3H3,(H,21,27)(H,22,26). The summed E-state index contributed by atoms with van der Waals surface area (Å²) in [7, 11) is 1.50. The SMILES string of the molecule is COc1ccc(C(=O)NC(CO)C(=O)NC(CC(C)C)C(=O)C2(CO)CO2)cc1. The number of Topliss-reactive ketones (excluding diaryl/α,β-unsaturated/α-hetero) is 1. The monoisotopic (exact) mass is 408 g/mol. The van der Waals surface area contributed by atoms with E-state index in [2.05, 4.69) is 10.6 Å². The number of ketones is 1. The van der Waals surface area contributed by atoms with Gasteiger partial charge in [-0.3, -0.25) is 14.4 Å². The zero-order chi connectivity index (χ0) is 21.6. The van der Waals surface area contributed by atoms with Crippen LogP contribution in [-0.4, -0.2) is 72.4 Å². The Labute approximate surface area is 169 Å². The summed E-state index contributed by atoms with van der Waals surface area (Å²) in [5.74, 6) is -0.998. The van der Waals surface area contributed by atoms with Gasteiger partial charge in [-0.2, -0.15) is 0 Å². The number of carbonyl (C=O) groups excluding carboxylic acids is 3. The molecular weight excluding hydrogens is 380 g/mol. The Morgan fingerprint density at radius 1 is 1.14 bits per heavy atom. The van der Waals surface area contributed by atoms with Gasteiger partial charge in [0, 0.05) is 5.56 Å². The Balaban J connectivity index is 2.05. The van der Waals surface area contributed by atoms with E-state index in [0.29, 0.717) is 12.2 Å². The van der Waals surface area contributed by atoms with Crippen molar-refractivity contribution in [1.29, 1.82) is 0 Å². The molecule has 1 aliphatic rings. The molecular formula is C20H28N2O7. The molecule has 0 saturated carbocycles. The molecule has 1 saturated heterocycles. The van der Waals surface area contributed by atoms with Gasteiger partial charge in [0.05, 0.1) is 33.0 Å². The minimum absolute atomic E-state index is 0.0835. The van der Waals surface area contributed by atoms with Crippen LogP contribution in [0.5, 0.6) is 5.75 Å². The molecule has 1 heterocycles. The molecule has 0 radical (unpaired) electrons. The number of aliphatic hydroxyl groups excluding tert-OH is 2. The molecule has 9 heteroatoms. The fourth-order valence-electron chi connectivity index (χ4n) is 2.87. The van der Waals surface area contributed by atoms with Gasteiger partial charge in [-0.25, -0.2) is 0 Å². The van der Waals surface area contributed by atoms with Gasteiger partial charge in [0.2, 0.25) is 5.91 Å². The quantitative estimate of drug-likeness (QED) is 0.367. The summed E-state index contributed by atoms with van der Waals surface area (Å²) in [6.07, 6.45) is 0.334. The summed E-state index contributed by atoms with van der Waals surface area (Å²) in [4.78, 5) is 37.7. The van der Waals surface area contributed by atoms with Crippen molar-refractivity contribution in [3.63, 3.8) is 0 Å². The Hall–Kier alpha value is -2.49. The van der Waals surface area contributed by atoms with Gasteiger partial charge in [0.1, 0.15) is 11.8 Å². The van der Waals surface area contributed by atoms with Crippen LogP contribution in [0.25, 0.3) is 0 Å². The van der Waals surface area contributed by atoms with Crippen molar-refractivity contribution in [1.82, 2.24) is 10.6 Å². The van der Waals surface area contributed by atoms with E-state index in [1.807, 2.05) is 13.8 Å². The number of benzene rings is 1. The van der Waals surface area contributed by atoms with Gasteiger partial charge in [-0.15, -0.1) is 0 Å². The van der Waals surface area contributed by atoms with E-state index in [0.717, 1.165) is 0 Å².